The Hall–Kier alpha value is -1.02. The van der Waals surface area contributed by atoms with Crippen molar-refractivity contribution in [1.29, 1.82) is 0 Å². The molecule has 2 rings (SSSR count). The molecule has 1 aromatic carbocycles. The molecule has 0 atom stereocenters. The lowest BCUT2D eigenvalue weighted by atomic mass is 9.99. The summed E-state index contributed by atoms with van der Waals surface area (Å²) in [5.41, 5.74) is 9.80. The summed E-state index contributed by atoms with van der Waals surface area (Å²) < 4.78 is 1.32. The lowest BCUT2D eigenvalue weighted by molar-refractivity contribution is 1.05. The van der Waals surface area contributed by atoms with Gasteiger partial charge in [-0.1, -0.05) is 19.9 Å². The predicted octanol–water partition coefficient (Wildman–Crippen LogP) is 3.61. The van der Waals surface area contributed by atoms with Crippen molar-refractivity contribution < 1.29 is 0 Å². The number of thiophene rings is 1. The molecule has 2 aromatic rings. The quantitative estimate of drug-likeness (QED) is 0.796. The van der Waals surface area contributed by atoms with Crippen molar-refractivity contribution in [2.75, 3.05) is 5.73 Å². The molecule has 14 heavy (non-hydrogen) atoms. The van der Waals surface area contributed by atoms with Crippen LogP contribution in [0.4, 0.5) is 5.69 Å². The third-order valence-corrected chi connectivity index (χ3v) is 3.67. The van der Waals surface area contributed by atoms with E-state index in [9.17, 15) is 0 Å². The first-order valence-electron chi connectivity index (χ1n) is 5.05. The van der Waals surface area contributed by atoms with Gasteiger partial charge < -0.3 is 5.73 Å². The standard InChI is InChI=1S/C12H15NS/c1-3-8-5-6-11-12(9(8)4-2)10(13)7-14-11/h5-7H,3-4,13H2,1-2H3. The van der Waals surface area contributed by atoms with E-state index in [0.29, 0.717) is 0 Å². The summed E-state index contributed by atoms with van der Waals surface area (Å²) in [5, 5.41) is 3.33. The van der Waals surface area contributed by atoms with Crippen molar-refractivity contribution in [1.82, 2.24) is 0 Å². The summed E-state index contributed by atoms with van der Waals surface area (Å²) in [4.78, 5) is 0. The Morgan fingerprint density at radius 1 is 1.21 bits per heavy atom. The maximum Gasteiger partial charge on any atom is 0.0505 e. The van der Waals surface area contributed by atoms with Crippen LogP contribution < -0.4 is 5.73 Å². The third-order valence-electron chi connectivity index (χ3n) is 2.71. The first-order valence-corrected chi connectivity index (χ1v) is 5.93. The largest absolute Gasteiger partial charge is 0.398 e. The Balaban J connectivity index is 2.81. The summed E-state index contributed by atoms with van der Waals surface area (Å²) in [6.07, 6.45) is 2.16. The van der Waals surface area contributed by atoms with Crippen molar-refractivity contribution >= 4 is 27.1 Å². The fraction of sp³-hybridized carbons (Fsp3) is 0.333. The molecule has 0 bridgehead atoms. The molecule has 2 heteroatoms. The molecule has 0 aliphatic rings. The summed E-state index contributed by atoms with van der Waals surface area (Å²) in [6, 6.07) is 4.42. The van der Waals surface area contributed by atoms with Crippen LogP contribution >= 0.6 is 11.3 Å². The van der Waals surface area contributed by atoms with E-state index in [2.05, 4.69) is 26.0 Å². The number of aryl methyl sites for hydroxylation is 2. The molecule has 1 aromatic heterocycles. The van der Waals surface area contributed by atoms with Gasteiger partial charge >= 0.3 is 0 Å². The molecular formula is C12H15NS. The van der Waals surface area contributed by atoms with Crippen LogP contribution in [0.25, 0.3) is 10.1 Å². The van der Waals surface area contributed by atoms with E-state index in [4.69, 9.17) is 5.73 Å². The monoisotopic (exact) mass is 205 g/mol. The predicted molar refractivity (Wildman–Crippen MR) is 65.0 cm³/mol. The van der Waals surface area contributed by atoms with Gasteiger partial charge in [0.2, 0.25) is 0 Å². The topological polar surface area (TPSA) is 26.0 Å². The van der Waals surface area contributed by atoms with Gasteiger partial charge in [-0.25, -0.2) is 0 Å². The van der Waals surface area contributed by atoms with Gasteiger partial charge in [0.15, 0.2) is 0 Å². The minimum Gasteiger partial charge on any atom is -0.398 e. The van der Waals surface area contributed by atoms with Crippen LogP contribution in [-0.4, -0.2) is 0 Å². The maximum absolute atomic E-state index is 5.99. The summed E-state index contributed by atoms with van der Waals surface area (Å²) in [6.45, 7) is 4.40. The normalized spacial score (nSPS) is 11.0. The highest BCUT2D eigenvalue weighted by Gasteiger charge is 2.08. The average Bonchev–Trinajstić information content (AvgIpc) is 2.59. The molecule has 0 spiro atoms. The number of hydrogen-bond acceptors (Lipinski definition) is 2. The minimum atomic E-state index is 0.942. The lowest BCUT2D eigenvalue weighted by Crippen LogP contribution is -1.93. The maximum atomic E-state index is 5.99. The molecule has 0 aliphatic heterocycles. The Bertz CT molecular complexity index is 457. The van der Waals surface area contributed by atoms with E-state index in [0.717, 1.165) is 18.5 Å². The van der Waals surface area contributed by atoms with E-state index in [1.165, 1.54) is 21.2 Å². The zero-order valence-corrected chi connectivity index (χ0v) is 9.45. The van der Waals surface area contributed by atoms with E-state index in [1.807, 2.05) is 5.38 Å². The summed E-state index contributed by atoms with van der Waals surface area (Å²) in [5.74, 6) is 0. The number of anilines is 1. The van der Waals surface area contributed by atoms with E-state index >= 15 is 0 Å². The van der Waals surface area contributed by atoms with Gasteiger partial charge in [-0.15, -0.1) is 11.3 Å². The Morgan fingerprint density at radius 3 is 2.64 bits per heavy atom. The average molecular weight is 205 g/mol. The first kappa shape index (κ1) is 9.53. The molecule has 2 N–H and O–H groups in total. The smallest absolute Gasteiger partial charge is 0.0505 e. The molecule has 1 nitrogen and oxygen atoms in total. The number of nitrogen functional groups attached to an aromatic ring is 1. The molecular weight excluding hydrogens is 190 g/mol. The molecule has 0 radical (unpaired) electrons. The number of fused-ring (bicyclic) bond motifs is 1. The number of hydrogen-bond donors (Lipinski definition) is 1. The van der Waals surface area contributed by atoms with Crippen LogP contribution in [-0.2, 0) is 12.8 Å². The zero-order chi connectivity index (χ0) is 10.1. The van der Waals surface area contributed by atoms with Gasteiger partial charge in [0.25, 0.3) is 0 Å². The second-order valence-corrected chi connectivity index (χ2v) is 4.39. The first-order chi connectivity index (χ1) is 6.77. The molecule has 1 heterocycles. The van der Waals surface area contributed by atoms with Gasteiger partial charge in [0.05, 0.1) is 5.69 Å². The fourth-order valence-electron chi connectivity index (χ4n) is 2.01. The van der Waals surface area contributed by atoms with E-state index < -0.39 is 0 Å². The van der Waals surface area contributed by atoms with E-state index in [1.54, 1.807) is 11.3 Å². The lowest BCUT2D eigenvalue weighted by Gasteiger charge is -2.07. The molecule has 0 fully saturated rings. The third kappa shape index (κ3) is 1.30. The highest BCUT2D eigenvalue weighted by molar-refractivity contribution is 7.17. The number of nitrogens with two attached hydrogens (primary N) is 1. The second-order valence-electron chi connectivity index (χ2n) is 3.47. The Kier molecular flexibility index (Phi) is 2.46. The van der Waals surface area contributed by atoms with Crippen molar-refractivity contribution in [2.24, 2.45) is 0 Å². The van der Waals surface area contributed by atoms with Gasteiger partial charge in [-0.05, 0) is 30.0 Å². The molecule has 0 amide bonds. The SMILES string of the molecule is CCc1ccc2scc(N)c2c1CC. The van der Waals surface area contributed by atoms with Crippen LogP contribution in [0.5, 0.6) is 0 Å². The van der Waals surface area contributed by atoms with Crippen molar-refractivity contribution in [3.8, 4) is 0 Å². The summed E-state index contributed by atoms with van der Waals surface area (Å²) in [7, 11) is 0. The van der Waals surface area contributed by atoms with Crippen LogP contribution in [0.1, 0.15) is 25.0 Å². The van der Waals surface area contributed by atoms with Crippen LogP contribution in [0.3, 0.4) is 0 Å². The van der Waals surface area contributed by atoms with Crippen molar-refractivity contribution in [3.63, 3.8) is 0 Å². The number of benzene rings is 1. The van der Waals surface area contributed by atoms with Crippen molar-refractivity contribution in [3.05, 3.63) is 28.6 Å². The minimum absolute atomic E-state index is 0.942. The Labute approximate surface area is 88.6 Å². The molecule has 0 saturated heterocycles. The van der Waals surface area contributed by atoms with Gasteiger partial charge in [-0.3, -0.25) is 0 Å². The molecule has 0 unspecified atom stereocenters. The second kappa shape index (κ2) is 3.62. The highest BCUT2D eigenvalue weighted by Crippen LogP contribution is 2.33. The zero-order valence-electron chi connectivity index (χ0n) is 8.63. The molecule has 0 aliphatic carbocycles. The van der Waals surface area contributed by atoms with Crippen molar-refractivity contribution in [2.45, 2.75) is 26.7 Å². The van der Waals surface area contributed by atoms with E-state index in [-0.39, 0.29) is 0 Å². The fourth-order valence-corrected chi connectivity index (χ4v) is 2.88. The van der Waals surface area contributed by atoms with Gasteiger partial charge in [-0.2, -0.15) is 0 Å². The van der Waals surface area contributed by atoms with Crippen LogP contribution in [0, 0.1) is 0 Å². The molecule has 0 saturated carbocycles. The summed E-state index contributed by atoms with van der Waals surface area (Å²) >= 11 is 1.74. The Morgan fingerprint density at radius 2 is 2.00 bits per heavy atom. The highest BCUT2D eigenvalue weighted by atomic mass is 32.1. The molecule has 74 valence electrons. The van der Waals surface area contributed by atoms with Gasteiger partial charge in [0, 0.05) is 15.5 Å². The van der Waals surface area contributed by atoms with Gasteiger partial charge in [0.1, 0.15) is 0 Å². The number of rotatable bonds is 2. The van der Waals surface area contributed by atoms with Crippen LogP contribution in [0.15, 0.2) is 17.5 Å². The van der Waals surface area contributed by atoms with Crippen LogP contribution in [0.2, 0.25) is 0 Å².